The van der Waals surface area contributed by atoms with E-state index in [0.717, 1.165) is 96.3 Å². The highest BCUT2D eigenvalue weighted by atomic mass is 16.6. The molecule has 75 heavy (non-hydrogen) atoms. The minimum absolute atomic E-state index is 0.0835. The smallest absolute Gasteiger partial charge is 0.306 e. The zero-order chi connectivity index (χ0) is 54.3. The first-order chi connectivity index (χ1) is 37.0. The average Bonchev–Trinajstić information content (AvgIpc) is 3.41. The third-order valence-corrected chi connectivity index (χ3v) is 14.2. The molecule has 0 aliphatic carbocycles. The standard InChI is InChI=1S/C69H122O6/c1-4-7-10-13-16-19-22-25-28-30-32-33-34-35-37-38-41-44-47-50-53-56-59-62-68(71)74-65-66(64-73-67(70)61-58-55-52-49-46-43-40-27-24-21-18-15-12-9-6-3)75-69(72)63-60-57-54-51-48-45-42-39-36-31-29-26-23-20-17-14-11-8-5-2/h18,21-22,25-27,29-30,32,34-35,40,66H,4-17,19-20,23-24,28,31,33,36-39,41-65H2,1-3H3/b21-18-,25-22-,29-26-,32-30-,35-34-,40-27-. The van der Waals surface area contributed by atoms with Crippen molar-refractivity contribution in [3.05, 3.63) is 72.9 Å². The molecule has 1 atom stereocenters. The fraction of sp³-hybridized carbons (Fsp3) is 0.783. The lowest BCUT2D eigenvalue weighted by atomic mass is 10.1. The van der Waals surface area contributed by atoms with Crippen molar-refractivity contribution >= 4 is 17.9 Å². The summed E-state index contributed by atoms with van der Waals surface area (Å²) in [6.07, 6.45) is 81.8. The number of hydrogen-bond donors (Lipinski definition) is 0. The molecule has 0 saturated carbocycles. The van der Waals surface area contributed by atoms with Gasteiger partial charge in [0.15, 0.2) is 6.10 Å². The highest BCUT2D eigenvalue weighted by Gasteiger charge is 2.19. The summed E-state index contributed by atoms with van der Waals surface area (Å²) in [5.41, 5.74) is 0. The Morgan fingerprint density at radius 1 is 0.267 bits per heavy atom. The van der Waals surface area contributed by atoms with E-state index in [1.807, 2.05) is 0 Å². The molecule has 0 bridgehead atoms. The van der Waals surface area contributed by atoms with Crippen molar-refractivity contribution < 1.29 is 28.6 Å². The van der Waals surface area contributed by atoms with E-state index >= 15 is 0 Å². The molecule has 0 saturated heterocycles. The van der Waals surface area contributed by atoms with Crippen LogP contribution in [0.1, 0.15) is 329 Å². The Morgan fingerprint density at radius 3 is 0.787 bits per heavy atom. The van der Waals surface area contributed by atoms with Crippen LogP contribution in [0.3, 0.4) is 0 Å². The zero-order valence-corrected chi connectivity index (χ0v) is 49.8. The van der Waals surface area contributed by atoms with E-state index in [9.17, 15) is 14.4 Å². The van der Waals surface area contributed by atoms with E-state index in [1.54, 1.807) is 0 Å². The maximum atomic E-state index is 12.9. The Morgan fingerprint density at radius 2 is 0.480 bits per heavy atom. The molecule has 0 aliphatic heterocycles. The summed E-state index contributed by atoms with van der Waals surface area (Å²) < 4.78 is 16.9. The zero-order valence-electron chi connectivity index (χ0n) is 49.8. The lowest BCUT2D eigenvalue weighted by Gasteiger charge is -2.18. The third kappa shape index (κ3) is 61.6. The molecular weight excluding hydrogens is 925 g/mol. The van der Waals surface area contributed by atoms with Gasteiger partial charge in [-0.2, -0.15) is 0 Å². The van der Waals surface area contributed by atoms with Crippen LogP contribution in [-0.2, 0) is 28.6 Å². The van der Waals surface area contributed by atoms with Gasteiger partial charge in [-0.05, 0) is 116 Å². The Kier molecular flexibility index (Phi) is 60.7. The van der Waals surface area contributed by atoms with Gasteiger partial charge in [-0.3, -0.25) is 14.4 Å². The number of unbranched alkanes of at least 4 members (excludes halogenated alkanes) is 36. The van der Waals surface area contributed by atoms with E-state index in [4.69, 9.17) is 14.2 Å². The maximum Gasteiger partial charge on any atom is 0.306 e. The van der Waals surface area contributed by atoms with Crippen LogP contribution in [0.5, 0.6) is 0 Å². The van der Waals surface area contributed by atoms with Gasteiger partial charge in [0.1, 0.15) is 13.2 Å². The molecule has 0 aromatic heterocycles. The minimum atomic E-state index is -0.787. The van der Waals surface area contributed by atoms with Crippen LogP contribution >= 0.6 is 0 Å². The van der Waals surface area contributed by atoms with Gasteiger partial charge in [-0.15, -0.1) is 0 Å². The number of carbonyl (C=O) groups excluding carboxylic acids is 3. The summed E-state index contributed by atoms with van der Waals surface area (Å²) in [7, 11) is 0. The summed E-state index contributed by atoms with van der Waals surface area (Å²) in [6, 6.07) is 0. The number of allylic oxidation sites excluding steroid dienone is 12. The van der Waals surface area contributed by atoms with Crippen LogP contribution in [0.4, 0.5) is 0 Å². The van der Waals surface area contributed by atoms with E-state index in [2.05, 4.69) is 93.7 Å². The molecule has 6 heteroatoms. The monoisotopic (exact) mass is 1050 g/mol. The maximum absolute atomic E-state index is 12.9. The van der Waals surface area contributed by atoms with E-state index in [0.29, 0.717) is 19.3 Å². The van der Waals surface area contributed by atoms with E-state index in [1.165, 1.54) is 193 Å². The number of hydrogen-bond acceptors (Lipinski definition) is 6. The highest BCUT2D eigenvalue weighted by molar-refractivity contribution is 5.71. The molecular formula is C69H122O6. The Balaban J connectivity index is 4.37. The fourth-order valence-corrected chi connectivity index (χ4v) is 9.24. The molecule has 434 valence electrons. The van der Waals surface area contributed by atoms with Crippen molar-refractivity contribution in [3.8, 4) is 0 Å². The molecule has 0 spiro atoms. The quantitative estimate of drug-likeness (QED) is 0.0261. The molecule has 0 N–H and O–H groups in total. The molecule has 1 unspecified atom stereocenters. The van der Waals surface area contributed by atoms with Crippen LogP contribution in [-0.4, -0.2) is 37.2 Å². The van der Waals surface area contributed by atoms with Crippen molar-refractivity contribution in [3.63, 3.8) is 0 Å². The van der Waals surface area contributed by atoms with Gasteiger partial charge in [0.05, 0.1) is 0 Å². The van der Waals surface area contributed by atoms with Crippen molar-refractivity contribution in [2.45, 2.75) is 335 Å². The average molecular weight is 1050 g/mol. The van der Waals surface area contributed by atoms with Gasteiger partial charge >= 0.3 is 17.9 Å². The van der Waals surface area contributed by atoms with Crippen LogP contribution in [0.25, 0.3) is 0 Å². The van der Waals surface area contributed by atoms with Crippen LogP contribution in [0.2, 0.25) is 0 Å². The molecule has 0 radical (unpaired) electrons. The van der Waals surface area contributed by atoms with Crippen LogP contribution in [0.15, 0.2) is 72.9 Å². The lowest BCUT2D eigenvalue weighted by Crippen LogP contribution is -2.30. The SMILES string of the molecule is CCCCC/C=C\C/C=C\CCCCCCCC(=O)OCC(COC(=O)CCCCCCCCCC/C=C\C/C=C\C/C=C\CCCCCCC)OC(=O)CCCCCCCCCCC/C=C\CCCCCCCC. The van der Waals surface area contributed by atoms with Gasteiger partial charge in [0, 0.05) is 19.3 Å². The number of ether oxygens (including phenoxy) is 3. The van der Waals surface area contributed by atoms with Gasteiger partial charge in [-0.1, -0.05) is 267 Å². The molecule has 0 aliphatic rings. The second kappa shape index (κ2) is 63.4. The van der Waals surface area contributed by atoms with Gasteiger partial charge in [0.25, 0.3) is 0 Å². The first-order valence-corrected chi connectivity index (χ1v) is 32.4. The molecule has 0 amide bonds. The predicted molar refractivity (Wildman–Crippen MR) is 325 cm³/mol. The Hall–Kier alpha value is -3.15. The van der Waals surface area contributed by atoms with Crippen molar-refractivity contribution in [2.24, 2.45) is 0 Å². The van der Waals surface area contributed by atoms with Gasteiger partial charge in [-0.25, -0.2) is 0 Å². The Bertz CT molecular complexity index is 1390. The summed E-state index contributed by atoms with van der Waals surface area (Å²) in [4.78, 5) is 38.3. The van der Waals surface area contributed by atoms with Crippen molar-refractivity contribution in [1.29, 1.82) is 0 Å². The molecule has 0 aromatic rings. The first-order valence-electron chi connectivity index (χ1n) is 32.4. The second-order valence-electron chi connectivity index (χ2n) is 21.7. The van der Waals surface area contributed by atoms with E-state index < -0.39 is 6.10 Å². The highest BCUT2D eigenvalue weighted by Crippen LogP contribution is 2.16. The summed E-state index contributed by atoms with van der Waals surface area (Å²) >= 11 is 0. The Labute approximate surface area is 465 Å². The molecule has 0 fully saturated rings. The molecule has 0 heterocycles. The first kappa shape index (κ1) is 71.8. The van der Waals surface area contributed by atoms with Crippen molar-refractivity contribution in [1.82, 2.24) is 0 Å². The number of carbonyl (C=O) groups is 3. The summed E-state index contributed by atoms with van der Waals surface area (Å²) in [5.74, 6) is -0.892. The molecule has 0 aromatic carbocycles. The summed E-state index contributed by atoms with van der Waals surface area (Å²) in [6.45, 7) is 6.62. The van der Waals surface area contributed by atoms with Crippen molar-refractivity contribution in [2.75, 3.05) is 13.2 Å². The fourth-order valence-electron chi connectivity index (χ4n) is 9.24. The number of rotatable bonds is 59. The molecule has 0 rings (SSSR count). The predicted octanol–water partition coefficient (Wildman–Crippen LogP) is 22.1. The molecule has 6 nitrogen and oxygen atoms in total. The van der Waals surface area contributed by atoms with Crippen LogP contribution in [0, 0.1) is 0 Å². The topological polar surface area (TPSA) is 78.9 Å². The summed E-state index contributed by atoms with van der Waals surface area (Å²) in [5, 5.41) is 0. The lowest BCUT2D eigenvalue weighted by molar-refractivity contribution is -0.167. The normalized spacial score (nSPS) is 12.5. The minimum Gasteiger partial charge on any atom is -0.462 e. The number of esters is 3. The van der Waals surface area contributed by atoms with Gasteiger partial charge < -0.3 is 14.2 Å². The van der Waals surface area contributed by atoms with Crippen LogP contribution < -0.4 is 0 Å². The second-order valence-corrected chi connectivity index (χ2v) is 21.7. The largest absolute Gasteiger partial charge is 0.462 e. The third-order valence-electron chi connectivity index (χ3n) is 14.2. The van der Waals surface area contributed by atoms with E-state index in [-0.39, 0.29) is 31.1 Å². The van der Waals surface area contributed by atoms with Gasteiger partial charge in [0.2, 0.25) is 0 Å².